The van der Waals surface area contributed by atoms with E-state index in [-0.39, 0.29) is 18.5 Å². The minimum atomic E-state index is -0.795. The highest BCUT2D eigenvalue weighted by atomic mass is 16.5. The fraction of sp³-hybridized carbons (Fsp3) is 0.579. The van der Waals surface area contributed by atoms with Gasteiger partial charge in [0.05, 0.1) is 26.2 Å². The van der Waals surface area contributed by atoms with Gasteiger partial charge in [0.25, 0.3) is 0 Å². The number of carboxylic acids is 1. The molecule has 1 N–H and O–H groups in total. The zero-order chi connectivity index (χ0) is 18.1. The SMILES string of the molecule is CCN(CC(=O)O)C1CCN(C(=O)CCOCc2ccccc2)CC1. The van der Waals surface area contributed by atoms with E-state index in [2.05, 4.69) is 0 Å². The summed E-state index contributed by atoms with van der Waals surface area (Å²) in [6, 6.07) is 10.2. The maximum absolute atomic E-state index is 12.3. The summed E-state index contributed by atoms with van der Waals surface area (Å²) >= 11 is 0. The number of hydrogen-bond acceptors (Lipinski definition) is 4. The van der Waals surface area contributed by atoms with E-state index in [1.165, 1.54) is 0 Å². The van der Waals surface area contributed by atoms with Gasteiger partial charge in [0, 0.05) is 19.1 Å². The molecule has 0 atom stereocenters. The van der Waals surface area contributed by atoms with E-state index in [4.69, 9.17) is 9.84 Å². The number of benzene rings is 1. The first-order valence-corrected chi connectivity index (χ1v) is 8.95. The third-order valence-electron chi connectivity index (χ3n) is 4.65. The highest BCUT2D eigenvalue weighted by Gasteiger charge is 2.26. The van der Waals surface area contributed by atoms with Crippen LogP contribution in [0.25, 0.3) is 0 Å². The van der Waals surface area contributed by atoms with E-state index in [0.29, 0.717) is 32.7 Å². The molecule has 1 heterocycles. The molecule has 1 aromatic carbocycles. The van der Waals surface area contributed by atoms with Gasteiger partial charge in [0.1, 0.15) is 0 Å². The number of carbonyl (C=O) groups excluding carboxylic acids is 1. The molecule has 138 valence electrons. The molecule has 25 heavy (non-hydrogen) atoms. The lowest BCUT2D eigenvalue weighted by Crippen LogP contribution is -2.48. The van der Waals surface area contributed by atoms with Crippen molar-refractivity contribution in [3.63, 3.8) is 0 Å². The van der Waals surface area contributed by atoms with Gasteiger partial charge in [0.2, 0.25) is 5.91 Å². The second kappa shape index (κ2) is 10.2. The molecule has 0 aromatic heterocycles. The van der Waals surface area contributed by atoms with Crippen molar-refractivity contribution in [2.24, 2.45) is 0 Å². The van der Waals surface area contributed by atoms with Crippen LogP contribution in [0.15, 0.2) is 30.3 Å². The number of likely N-dealkylation sites (N-methyl/N-ethyl adjacent to an activating group) is 1. The zero-order valence-electron chi connectivity index (χ0n) is 14.9. The Morgan fingerprint density at radius 3 is 2.52 bits per heavy atom. The molecule has 0 unspecified atom stereocenters. The van der Waals surface area contributed by atoms with Crippen molar-refractivity contribution in [3.8, 4) is 0 Å². The Balaban J connectivity index is 1.66. The maximum atomic E-state index is 12.3. The fourth-order valence-corrected chi connectivity index (χ4v) is 3.24. The van der Waals surface area contributed by atoms with Crippen LogP contribution in [0, 0.1) is 0 Å². The molecule has 6 heteroatoms. The molecule has 0 radical (unpaired) electrons. The van der Waals surface area contributed by atoms with Crippen molar-refractivity contribution in [1.29, 1.82) is 0 Å². The number of aliphatic carboxylic acids is 1. The number of hydrogen-bond donors (Lipinski definition) is 1. The number of ether oxygens (including phenoxy) is 1. The third kappa shape index (κ3) is 6.48. The first kappa shape index (κ1) is 19.4. The van der Waals surface area contributed by atoms with Crippen molar-refractivity contribution in [2.75, 3.05) is 32.8 Å². The third-order valence-corrected chi connectivity index (χ3v) is 4.65. The van der Waals surface area contributed by atoms with Crippen molar-refractivity contribution < 1.29 is 19.4 Å². The van der Waals surface area contributed by atoms with Gasteiger partial charge in [0.15, 0.2) is 0 Å². The van der Waals surface area contributed by atoms with Gasteiger partial charge in [-0.05, 0) is 24.9 Å². The smallest absolute Gasteiger partial charge is 0.317 e. The summed E-state index contributed by atoms with van der Waals surface area (Å²) in [4.78, 5) is 27.0. The molecule has 1 amide bonds. The van der Waals surface area contributed by atoms with Gasteiger partial charge < -0.3 is 14.7 Å². The highest BCUT2D eigenvalue weighted by Crippen LogP contribution is 2.17. The van der Waals surface area contributed by atoms with E-state index < -0.39 is 5.97 Å². The number of piperidine rings is 1. The minimum Gasteiger partial charge on any atom is -0.480 e. The Morgan fingerprint density at radius 1 is 1.24 bits per heavy atom. The zero-order valence-corrected chi connectivity index (χ0v) is 14.9. The largest absolute Gasteiger partial charge is 0.480 e. The topological polar surface area (TPSA) is 70.1 Å². The standard InChI is InChI=1S/C19H28N2O4/c1-2-20(14-19(23)24)17-8-11-21(12-9-17)18(22)10-13-25-15-16-6-4-3-5-7-16/h3-7,17H,2,8-15H2,1H3,(H,23,24). The Kier molecular flexibility index (Phi) is 7.88. The molecule has 1 fully saturated rings. The normalized spacial score (nSPS) is 15.5. The first-order chi connectivity index (χ1) is 12.1. The van der Waals surface area contributed by atoms with Gasteiger partial charge in [-0.25, -0.2) is 0 Å². The van der Waals surface area contributed by atoms with Crippen LogP contribution in [0.3, 0.4) is 0 Å². The van der Waals surface area contributed by atoms with Crippen molar-refractivity contribution in [1.82, 2.24) is 9.80 Å². The molecule has 1 saturated heterocycles. The molecule has 6 nitrogen and oxygen atoms in total. The van der Waals surface area contributed by atoms with E-state index in [0.717, 1.165) is 24.9 Å². The minimum absolute atomic E-state index is 0.0719. The molecule has 1 aliphatic heterocycles. The quantitative estimate of drug-likeness (QED) is 0.691. The van der Waals surface area contributed by atoms with E-state index in [1.807, 2.05) is 47.1 Å². The molecule has 0 aliphatic carbocycles. The summed E-state index contributed by atoms with van der Waals surface area (Å²) in [5.74, 6) is -0.677. The molecule has 1 aliphatic rings. The van der Waals surface area contributed by atoms with Crippen LogP contribution >= 0.6 is 0 Å². The predicted molar refractivity (Wildman–Crippen MR) is 95.2 cm³/mol. The Bertz CT molecular complexity index is 542. The predicted octanol–water partition coefficient (Wildman–Crippen LogP) is 1.99. The van der Waals surface area contributed by atoms with Crippen LogP contribution in [0.5, 0.6) is 0 Å². The summed E-state index contributed by atoms with van der Waals surface area (Å²) in [5.41, 5.74) is 1.11. The van der Waals surface area contributed by atoms with Crippen LogP contribution < -0.4 is 0 Å². The summed E-state index contributed by atoms with van der Waals surface area (Å²) in [6.45, 7) is 5.10. The highest BCUT2D eigenvalue weighted by molar-refractivity contribution is 5.76. The monoisotopic (exact) mass is 348 g/mol. The summed E-state index contributed by atoms with van der Waals surface area (Å²) in [7, 11) is 0. The number of carboxylic acid groups (broad SMARTS) is 1. The Morgan fingerprint density at radius 2 is 1.92 bits per heavy atom. The molecule has 0 spiro atoms. The van der Waals surface area contributed by atoms with Crippen LogP contribution in [0.1, 0.15) is 31.7 Å². The summed E-state index contributed by atoms with van der Waals surface area (Å²) in [5, 5.41) is 8.97. The lowest BCUT2D eigenvalue weighted by molar-refractivity contribution is -0.140. The average Bonchev–Trinajstić information content (AvgIpc) is 2.64. The second-order valence-electron chi connectivity index (χ2n) is 6.36. The molecular weight excluding hydrogens is 320 g/mol. The van der Waals surface area contributed by atoms with Gasteiger partial charge >= 0.3 is 5.97 Å². The maximum Gasteiger partial charge on any atom is 0.317 e. The van der Waals surface area contributed by atoms with Crippen molar-refractivity contribution in [2.45, 2.75) is 38.8 Å². The van der Waals surface area contributed by atoms with Crippen LogP contribution in [0.2, 0.25) is 0 Å². The van der Waals surface area contributed by atoms with E-state index in [9.17, 15) is 9.59 Å². The molecular formula is C19H28N2O4. The van der Waals surface area contributed by atoms with E-state index >= 15 is 0 Å². The van der Waals surface area contributed by atoms with Crippen LogP contribution in [-0.4, -0.2) is 65.6 Å². The lowest BCUT2D eigenvalue weighted by atomic mass is 10.0. The number of amides is 1. The summed E-state index contributed by atoms with van der Waals surface area (Å²) in [6.07, 6.45) is 2.06. The molecule has 1 aromatic rings. The number of carbonyl (C=O) groups is 2. The van der Waals surface area contributed by atoms with Gasteiger partial charge in [-0.1, -0.05) is 37.3 Å². The molecule has 2 rings (SSSR count). The second-order valence-corrected chi connectivity index (χ2v) is 6.36. The van der Waals surface area contributed by atoms with E-state index in [1.54, 1.807) is 0 Å². The fourth-order valence-electron chi connectivity index (χ4n) is 3.24. The average molecular weight is 348 g/mol. The first-order valence-electron chi connectivity index (χ1n) is 8.95. The van der Waals surface area contributed by atoms with Gasteiger partial charge in [-0.15, -0.1) is 0 Å². The van der Waals surface area contributed by atoms with Gasteiger partial charge in [-0.2, -0.15) is 0 Å². The van der Waals surface area contributed by atoms with Gasteiger partial charge in [-0.3, -0.25) is 14.5 Å². The van der Waals surface area contributed by atoms with Crippen LogP contribution in [-0.2, 0) is 20.9 Å². The number of likely N-dealkylation sites (tertiary alicyclic amines) is 1. The summed E-state index contributed by atoms with van der Waals surface area (Å²) < 4.78 is 5.58. The van der Waals surface area contributed by atoms with Crippen LogP contribution in [0.4, 0.5) is 0 Å². The Hall–Kier alpha value is -1.92. The molecule has 0 saturated carbocycles. The number of nitrogens with zero attached hydrogens (tertiary/aromatic N) is 2. The number of rotatable bonds is 9. The lowest BCUT2D eigenvalue weighted by Gasteiger charge is -2.37. The molecule has 0 bridgehead atoms. The van der Waals surface area contributed by atoms with Crippen molar-refractivity contribution >= 4 is 11.9 Å². The van der Waals surface area contributed by atoms with Crippen molar-refractivity contribution in [3.05, 3.63) is 35.9 Å². The Labute approximate surface area is 149 Å².